The number of carbonyl (C=O) groups is 2. The van der Waals surface area contributed by atoms with Crippen molar-refractivity contribution in [2.24, 2.45) is 5.41 Å². The molecule has 2 aromatic rings. The van der Waals surface area contributed by atoms with Gasteiger partial charge in [-0.3, -0.25) is 9.59 Å². The van der Waals surface area contributed by atoms with E-state index in [-0.39, 0.29) is 22.0 Å². The number of anilines is 2. The van der Waals surface area contributed by atoms with Crippen molar-refractivity contribution in [1.29, 1.82) is 0 Å². The number of nitrogens with one attached hydrogen (secondary N) is 1. The molecule has 0 aromatic heterocycles. The van der Waals surface area contributed by atoms with Crippen LogP contribution in [0.1, 0.15) is 40.9 Å². The molecule has 0 saturated carbocycles. The lowest BCUT2D eigenvalue weighted by Gasteiger charge is -2.19. The van der Waals surface area contributed by atoms with E-state index in [0.717, 1.165) is 21.0 Å². The molecule has 29 heavy (non-hydrogen) atoms. The molecule has 1 aliphatic heterocycles. The first-order chi connectivity index (χ1) is 13.3. The Labute approximate surface area is 175 Å². The number of hydrogen-bond donors (Lipinski definition) is 1. The number of hydrogen-bond acceptors (Lipinski definition) is 4. The quantitative estimate of drug-likeness (QED) is 0.783. The lowest BCUT2D eigenvalue weighted by molar-refractivity contribution is -0.123. The van der Waals surface area contributed by atoms with Gasteiger partial charge in [0, 0.05) is 5.69 Å². The Kier molecular flexibility index (Phi) is 5.26. The van der Waals surface area contributed by atoms with Crippen LogP contribution in [0.2, 0.25) is 5.02 Å². The summed E-state index contributed by atoms with van der Waals surface area (Å²) < 4.78 is 25.8. The van der Waals surface area contributed by atoms with Gasteiger partial charge in [-0.15, -0.1) is 0 Å². The van der Waals surface area contributed by atoms with E-state index in [4.69, 9.17) is 11.6 Å². The van der Waals surface area contributed by atoms with Gasteiger partial charge < -0.3 is 5.32 Å². The standard InChI is InChI=1S/C21H23ClN2O4S/c1-12-8-13(2)18(14(3)9-12)23-19(25)16-10-15(6-7-17(16)22)24-20(26)21(4,5)11-29(24,27)28/h6-10H,11H2,1-5H3,(H,23,25). The molecule has 1 aliphatic rings. The molecular formula is C21H23ClN2O4S. The molecule has 154 valence electrons. The third-order valence-corrected chi connectivity index (χ3v) is 7.28. The second-order valence-corrected chi connectivity index (χ2v) is 10.3. The van der Waals surface area contributed by atoms with Gasteiger partial charge in [-0.05, 0) is 63.9 Å². The lowest BCUT2D eigenvalue weighted by atomic mass is 9.95. The van der Waals surface area contributed by atoms with Crippen molar-refractivity contribution in [1.82, 2.24) is 0 Å². The van der Waals surface area contributed by atoms with Crippen LogP contribution in [0.4, 0.5) is 11.4 Å². The molecule has 2 aromatic carbocycles. The number of amides is 2. The summed E-state index contributed by atoms with van der Waals surface area (Å²) in [5.74, 6) is -1.29. The molecule has 0 unspecified atom stereocenters. The number of carbonyl (C=O) groups excluding carboxylic acids is 2. The molecule has 0 spiro atoms. The van der Waals surface area contributed by atoms with Crippen molar-refractivity contribution in [2.75, 3.05) is 15.4 Å². The van der Waals surface area contributed by atoms with Crippen LogP contribution in [-0.2, 0) is 14.8 Å². The maximum Gasteiger partial charge on any atom is 0.257 e. The molecule has 0 radical (unpaired) electrons. The first-order valence-electron chi connectivity index (χ1n) is 9.10. The van der Waals surface area contributed by atoms with E-state index in [0.29, 0.717) is 5.69 Å². The summed E-state index contributed by atoms with van der Waals surface area (Å²) >= 11 is 6.22. The topological polar surface area (TPSA) is 83.6 Å². The Balaban J connectivity index is 2.01. The molecular weight excluding hydrogens is 412 g/mol. The van der Waals surface area contributed by atoms with Crippen molar-refractivity contribution >= 4 is 44.8 Å². The van der Waals surface area contributed by atoms with Gasteiger partial charge >= 0.3 is 0 Å². The zero-order valence-electron chi connectivity index (χ0n) is 17.0. The van der Waals surface area contributed by atoms with E-state index >= 15 is 0 Å². The minimum Gasteiger partial charge on any atom is -0.321 e. The van der Waals surface area contributed by atoms with Gasteiger partial charge in [-0.25, -0.2) is 12.7 Å². The summed E-state index contributed by atoms with van der Waals surface area (Å²) in [5.41, 5.74) is 2.73. The van der Waals surface area contributed by atoms with E-state index < -0.39 is 27.3 Å². The molecule has 0 aliphatic carbocycles. The van der Waals surface area contributed by atoms with Gasteiger partial charge in [0.2, 0.25) is 15.9 Å². The van der Waals surface area contributed by atoms with Crippen molar-refractivity contribution in [3.63, 3.8) is 0 Å². The van der Waals surface area contributed by atoms with Crippen LogP contribution in [0.25, 0.3) is 0 Å². The maximum atomic E-state index is 12.9. The number of sulfonamides is 1. The van der Waals surface area contributed by atoms with Crippen molar-refractivity contribution in [3.8, 4) is 0 Å². The summed E-state index contributed by atoms with van der Waals surface area (Å²) in [4.78, 5) is 25.5. The lowest BCUT2D eigenvalue weighted by Crippen LogP contribution is -2.33. The number of nitrogens with zero attached hydrogens (tertiary/aromatic N) is 1. The van der Waals surface area contributed by atoms with Crippen LogP contribution in [0.3, 0.4) is 0 Å². The molecule has 1 heterocycles. The van der Waals surface area contributed by atoms with Gasteiger partial charge in [0.15, 0.2) is 0 Å². The minimum atomic E-state index is -3.82. The highest BCUT2D eigenvalue weighted by Crippen LogP contribution is 2.37. The normalized spacial score (nSPS) is 17.4. The van der Waals surface area contributed by atoms with E-state index in [1.165, 1.54) is 18.2 Å². The summed E-state index contributed by atoms with van der Waals surface area (Å²) in [5, 5.41) is 3.02. The largest absolute Gasteiger partial charge is 0.321 e. The van der Waals surface area contributed by atoms with E-state index in [2.05, 4.69) is 5.32 Å². The van der Waals surface area contributed by atoms with Crippen LogP contribution < -0.4 is 9.62 Å². The van der Waals surface area contributed by atoms with Gasteiger partial charge in [-0.1, -0.05) is 29.3 Å². The fourth-order valence-corrected chi connectivity index (χ4v) is 5.94. The van der Waals surface area contributed by atoms with Crippen LogP contribution in [0, 0.1) is 26.2 Å². The van der Waals surface area contributed by atoms with Crippen molar-refractivity contribution in [3.05, 3.63) is 57.6 Å². The van der Waals surface area contributed by atoms with Crippen molar-refractivity contribution in [2.45, 2.75) is 34.6 Å². The predicted octanol–water partition coefficient (Wildman–Crippen LogP) is 4.22. The first-order valence-corrected chi connectivity index (χ1v) is 11.1. The fraction of sp³-hybridized carbons (Fsp3) is 0.333. The summed E-state index contributed by atoms with van der Waals surface area (Å²) in [6, 6.07) is 8.11. The Morgan fingerprint density at radius 2 is 1.69 bits per heavy atom. The molecule has 3 rings (SSSR count). The maximum absolute atomic E-state index is 12.9. The molecule has 0 bridgehead atoms. The van der Waals surface area contributed by atoms with Crippen LogP contribution in [-0.4, -0.2) is 26.0 Å². The third kappa shape index (κ3) is 3.89. The number of rotatable bonds is 3. The van der Waals surface area contributed by atoms with E-state index in [1.807, 2.05) is 32.9 Å². The third-order valence-electron chi connectivity index (χ3n) is 4.93. The molecule has 1 fully saturated rings. The Bertz CT molecular complexity index is 1120. The Morgan fingerprint density at radius 1 is 1.10 bits per heavy atom. The van der Waals surface area contributed by atoms with Gasteiger partial charge in [0.05, 0.1) is 27.4 Å². The number of aryl methyl sites for hydroxylation is 3. The Hall–Kier alpha value is -2.38. The van der Waals surface area contributed by atoms with Crippen LogP contribution in [0.5, 0.6) is 0 Å². The fourth-order valence-electron chi connectivity index (χ4n) is 3.63. The molecule has 8 heteroatoms. The van der Waals surface area contributed by atoms with Crippen LogP contribution >= 0.6 is 11.6 Å². The minimum absolute atomic E-state index is 0.0937. The molecule has 6 nitrogen and oxygen atoms in total. The zero-order valence-corrected chi connectivity index (χ0v) is 18.5. The monoisotopic (exact) mass is 434 g/mol. The Morgan fingerprint density at radius 3 is 2.21 bits per heavy atom. The summed E-state index contributed by atoms with van der Waals surface area (Å²) in [6.07, 6.45) is 0. The number of benzene rings is 2. The highest BCUT2D eigenvalue weighted by Gasteiger charge is 2.50. The zero-order chi connectivity index (χ0) is 21.7. The first kappa shape index (κ1) is 21.3. The summed E-state index contributed by atoms with van der Waals surface area (Å²) in [6.45, 7) is 8.93. The summed E-state index contributed by atoms with van der Waals surface area (Å²) in [7, 11) is -3.82. The molecule has 0 atom stereocenters. The molecule has 2 amide bonds. The second-order valence-electron chi connectivity index (χ2n) is 8.10. The molecule has 1 N–H and O–H groups in total. The highest BCUT2D eigenvalue weighted by atomic mass is 35.5. The van der Waals surface area contributed by atoms with Crippen LogP contribution in [0.15, 0.2) is 30.3 Å². The van der Waals surface area contributed by atoms with Gasteiger partial charge in [0.1, 0.15) is 0 Å². The SMILES string of the molecule is Cc1cc(C)c(NC(=O)c2cc(N3C(=O)C(C)(C)CS3(=O)=O)ccc2Cl)c(C)c1. The average molecular weight is 435 g/mol. The van der Waals surface area contributed by atoms with Gasteiger partial charge in [0.25, 0.3) is 5.91 Å². The van der Waals surface area contributed by atoms with E-state index in [9.17, 15) is 18.0 Å². The van der Waals surface area contributed by atoms with Gasteiger partial charge in [-0.2, -0.15) is 0 Å². The average Bonchev–Trinajstić information content (AvgIpc) is 2.74. The number of halogens is 1. The highest BCUT2D eigenvalue weighted by molar-refractivity contribution is 7.94. The van der Waals surface area contributed by atoms with Crippen molar-refractivity contribution < 1.29 is 18.0 Å². The van der Waals surface area contributed by atoms with E-state index in [1.54, 1.807) is 13.8 Å². The molecule has 1 saturated heterocycles. The smallest absolute Gasteiger partial charge is 0.257 e. The predicted molar refractivity (Wildman–Crippen MR) is 115 cm³/mol. The second kappa shape index (κ2) is 7.15.